The summed E-state index contributed by atoms with van der Waals surface area (Å²) in [5.41, 5.74) is 1.54. The summed E-state index contributed by atoms with van der Waals surface area (Å²) in [4.78, 5) is 16.2. The smallest absolute Gasteiger partial charge is 0.199 e. The van der Waals surface area contributed by atoms with Gasteiger partial charge < -0.3 is 9.47 Å². The van der Waals surface area contributed by atoms with Crippen molar-refractivity contribution >= 4 is 11.5 Å². The van der Waals surface area contributed by atoms with E-state index in [0.717, 1.165) is 43.8 Å². The normalized spacial score (nSPS) is 21.1. The first-order valence-electron chi connectivity index (χ1n) is 7.64. The van der Waals surface area contributed by atoms with E-state index in [9.17, 15) is 4.79 Å². The lowest BCUT2D eigenvalue weighted by Gasteiger charge is -2.23. The van der Waals surface area contributed by atoms with Crippen LogP contribution in [0.25, 0.3) is 0 Å². The zero-order valence-electron chi connectivity index (χ0n) is 12.4. The van der Waals surface area contributed by atoms with Gasteiger partial charge in [0.15, 0.2) is 12.1 Å². The molecule has 0 spiro atoms. The number of allylic oxidation sites excluding steroid dienone is 3. The zero-order chi connectivity index (χ0) is 15.2. The Kier molecular flexibility index (Phi) is 4.81. The maximum atomic E-state index is 12.1. The van der Waals surface area contributed by atoms with Crippen LogP contribution in [0.2, 0.25) is 0 Å². The Labute approximate surface area is 130 Å². The first-order chi connectivity index (χ1) is 10.8. The van der Waals surface area contributed by atoms with Gasteiger partial charge in [-0.1, -0.05) is 6.08 Å². The number of rotatable bonds is 5. The molecule has 2 aliphatic rings. The Balaban J connectivity index is 1.57. The summed E-state index contributed by atoms with van der Waals surface area (Å²) in [6.07, 6.45) is 10.8. The maximum absolute atomic E-state index is 12.1. The van der Waals surface area contributed by atoms with Crippen molar-refractivity contribution in [3.05, 3.63) is 54.3 Å². The molecule has 3 rings (SSSR count). The molecule has 0 amide bonds. The van der Waals surface area contributed by atoms with E-state index in [1.807, 2.05) is 18.2 Å². The van der Waals surface area contributed by atoms with Crippen molar-refractivity contribution < 1.29 is 14.3 Å². The van der Waals surface area contributed by atoms with Crippen LogP contribution >= 0.6 is 0 Å². The highest BCUT2D eigenvalue weighted by atomic mass is 16.7. The second-order valence-electron chi connectivity index (χ2n) is 5.35. The average molecular weight is 297 g/mol. The molecule has 114 valence electrons. The highest BCUT2D eigenvalue weighted by molar-refractivity contribution is 6.09. The van der Waals surface area contributed by atoms with Crippen LogP contribution in [0, 0.1) is 0 Å². The molecule has 1 saturated heterocycles. The largest absolute Gasteiger partial charge is 0.465 e. The SMILES string of the molecule is O=C(/C=C/C1=NC=CC1)c1ccc(OC2CCCCO2)cc1. The van der Waals surface area contributed by atoms with Crippen molar-refractivity contribution in [3.8, 4) is 5.75 Å². The summed E-state index contributed by atoms with van der Waals surface area (Å²) >= 11 is 0. The Morgan fingerprint density at radius 3 is 2.82 bits per heavy atom. The number of ether oxygens (including phenoxy) is 2. The van der Waals surface area contributed by atoms with Gasteiger partial charge in [0, 0.05) is 30.3 Å². The van der Waals surface area contributed by atoms with Gasteiger partial charge in [-0.25, -0.2) is 0 Å². The van der Waals surface area contributed by atoms with Crippen molar-refractivity contribution in [3.63, 3.8) is 0 Å². The van der Waals surface area contributed by atoms with Crippen LogP contribution in [-0.4, -0.2) is 24.4 Å². The van der Waals surface area contributed by atoms with Gasteiger partial charge >= 0.3 is 0 Å². The van der Waals surface area contributed by atoms with Crippen molar-refractivity contribution in [1.29, 1.82) is 0 Å². The third kappa shape index (κ3) is 3.92. The van der Waals surface area contributed by atoms with E-state index in [0.29, 0.717) is 5.56 Å². The van der Waals surface area contributed by atoms with Crippen LogP contribution in [0.5, 0.6) is 5.75 Å². The van der Waals surface area contributed by atoms with Crippen molar-refractivity contribution in [2.24, 2.45) is 4.99 Å². The van der Waals surface area contributed by atoms with Gasteiger partial charge in [0.05, 0.1) is 6.61 Å². The molecule has 4 heteroatoms. The van der Waals surface area contributed by atoms with Gasteiger partial charge in [-0.05, 0) is 49.3 Å². The van der Waals surface area contributed by atoms with Crippen LogP contribution in [0.1, 0.15) is 36.0 Å². The van der Waals surface area contributed by atoms with E-state index in [2.05, 4.69) is 4.99 Å². The molecule has 22 heavy (non-hydrogen) atoms. The zero-order valence-corrected chi connectivity index (χ0v) is 12.4. The molecule has 0 aromatic heterocycles. The number of aliphatic imine (C=N–C) groups is 1. The molecule has 1 unspecified atom stereocenters. The fourth-order valence-corrected chi connectivity index (χ4v) is 2.41. The molecule has 1 aromatic carbocycles. The number of ketones is 1. The van der Waals surface area contributed by atoms with Gasteiger partial charge in [-0.2, -0.15) is 0 Å². The standard InChI is InChI=1S/C18H19NO3/c20-17(11-8-15-4-3-12-19-15)14-6-9-16(10-7-14)22-18-5-1-2-13-21-18/h3,6-12,18H,1-2,4-5,13H2/b11-8+. The fourth-order valence-electron chi connectivity index (χ4n) is 2.41. The molecule has 0 bridgehead atoms. The summed E-state index contributed by atoms with van der Waals surface area (Å²) in [5, 5.41) is 0. The summed E-state index contributed by atoms with van der Waals surface area (Å²) in [6.45, 7) is 0.755. The van der Waals surface area contributed by atoms with Crippen LogP contribution in [0.4, 0.5) is 0 Å². The van der Waals surface area contributed by atoms with Gasteiger partial charge in [-0.15, -0.1) is 0 Å². The van der Waals surface area contributed by atoms with E-state index < -0.39 is 0 Å². The van der Waals surface area contributed by atoms with Crippen molar-refractivity contribution in [2.45, 2.75) is 32.0 Å². The van der Waals surface area contributed by atoms with E-state index in [1.54, 1.807) is 30.5 Å². The van der Waals surface area contributed by atoms with Crippen LogP contribution in [-0.2, 0) is 4.74 Å². The molecule has 1 aromatic rings. The lowest BCUT2D eigenvalue weighted by Crippen LogP contribution is -2.24. The van der Waals surface area contributed by atoms with Gasteiger partial charge in [-0.3, -0.25) is 9.79 Å². The monoisotopic (exact) mass is 297 g/mol. The average Bonchev–Trinajstić information content (AvgIpc) is 3.08. The molecule has 0 N–H and O–H groups in total. The van der Waals surface area contributed by atoms with Gasteiger partial charge in [0.2, 0.25) is 0 Å². The molecule has 2 heterocycles. The molecule has 0 saturated carbocycles. The van der Waals surface area contributed by atoms with Crippen molar-refractivity contribution in [2.75, 3.05) is 6.61 Å². The van der Waals surface area contributed by atoms with E-state index >= 15 is 0 Å². The predicted octanol–water partition coefficient (Wildman–Crippen LogP) is 3.69. The van der Waals surface area contributed by atoms with Gasteiger partial charge in [0.25, 0.3) is 0 Å². The quantitative estimate of drug-likeness (QED) is 0.615. The number of hydrogen-bond donors (Lipinski definition) is 0. The lowest BCUT2D eigenvalue weighted by atomic mass is 10.1. The molecule has 0 radical (unpaired) electrons. The minimum absolute atomic E-state index is 0.0323. The molecule has 0 aliphatic carbocycles. The number of carbonyl (C=O) groups is 1. The van der Waals surface area contributed by atoms with E-state index in [1.165, 1.54) is 0 Å². The summed E-state index contributed by atoms with van der Waals surface area (Å²) < 4.78 is 11.3. The molecule has 1 atom stereocenters. The molecular weight excluding hydrogens is 278 g/mol. The lowest BCUT2D eigenvalue weighted by molar-refractivity contribution is -0.105. The molecular formula is C18H19NO3. The third-order valence-corrected chi connectivity index (χ3v) is 3.64. The van der Waals surface area contributed by atoms with E-state index in [-0.39, 0.29) is 12.1 Å². The first-order valence-corrected chi connectivity index (χ1v) is 7.64. The summed E-state index contributed by atoms with van der Waals surface area (Å²) in [7, 11) is 0. The number of benzene rings is 1. The minimum atomic E-state index is -0.164. The van der Waals surface area contributed by atoms with Crippen LogP contribution < -0.4 is 4.74 Å². The highest BCUT2D eigenvalue weighted by Gasteiger charge is 2.15. The van der Waals surface area contributed by atoms with E-state index in [4.69, 9.17) is 9.47 Å². The Bertz CT molecular complexity index is 608. The second-order valence-corrected chi connectivity index (χ2v) is 5.35. The maximum Gasteiger partial charge on any atom is 0.199 e. The number of nitrogens with zero attached hydrogens (tertiary/aromatic N) is 1. The van der Waals surface area contributed by atoms with Crippen LogP contribution in [0.3, 0.4) is 0 Å². The van der Waals surface area contributed by atoms with Crippen molar-refractivity contribution in [1.82, 2.24) is 0 Å². The molecule has 4 nitrogen and oxygen atoms in total. The fraction of sp³-hybridized carbons (Fsp3) is 0.333. The van der Waals surface area contributed by atoms with Crippen LogP contribution in [0.15, 0.2) is 53.7 Å². The van der Waals surface area contributed by atoms with Gasteiger partial charge in [0.1, 0.15) is 5.75 Å². The number of carbonyl (C=O) groups excluding carboxylic acids is 1. The summed E-state index contributed by atoms with van der Waals surface area (Å²) in [6, 6.07) is 7.18. The highest BCUT2D eigenvalue weighted by Crippen LogP contribution is 2.20. The first kappa shape index (κ1) is 14.7. The Morgan fingerprint density at radius 2 is 2.14 bits per heavy atom. The second kappa shape index (κ2) is 7.18. The number of hydrogen-bond acceptors (Lipinski definition) is 4. The summed E-state index contributed by atoms with van der Waals surface area (Å²) in [5.74, 6) is 0.701. The predicted molar refractivity (Wildman–Crippen MR) is 85.3 cm³/mol. The Hall–Kier alpha value is -2.20. The topological polar surface area (TPSA) is 47.9 Å². The third-order valence-electron chi connectivity index (χ3n) is 3.64. The Morgan fingerprint density at radius 1 is 1.27 bits per heavy atom. The molecule has 1 fully saturated rings. The molecule has 2 aliphatic heterocycles. The minimum Gasteiger partial charge on any atom is -0.465 e.